The highest BCUT2D eigenvalue weighted by molar-refractivity contribution is 5.83. The Bertz CT molecular complexity index is 387. The zero-order valence-corrected chi connectivity index (χ0v) is 11.7. The van der Waals surface area contributed by atoms with Crippen LogP contribution in [-0.4, -0.2) is 48.9 Å². The lowest BCUT2D eigenvalue weighted by atomic mass is 10.0. The quantitative estimate of drug-likeness (QED) is 0.542. The molecule has 0 saturated carbocycles. The van der Waals surface area contributed by atoms with Crippen molar-refractivity contribution in [3.8, 4) is 0 Å². The summed E-state index contributed by atoms with van der Waals surface area (Å²) in [5.74, 6) is -0.580. The summed E-state index contributed by atoms with van der Waals surface area (Å²) in [5.41, 5.74) is -0.253. The summed E-state index contributed by atoms with van der Waals surface area (Å²) >= 11 is 0. The van der Waals surface area contributed by atoms with Crippen LogP contribution in [0.25, 0.3) is 0 Å². The van der Waals surface area contributed by atoms with Gasteiger partial charge in [0.1, 0.15) is 11.8 Å². The largest absolute Gasteiger partial charge is 0.466 e. The highest BCUT2D eigenvalue weighted by atomic mass is 19.1. The third-order valence-electron chi connectivity index (χ3n) is 2.61. The number of carbonyl (C=O) groups excluding carboxylic acids is 2. The topological polar surface area (TPSA) is 55.8 Å². The van der Waals surface area contributed by atoms with Gasteiger partial charge in [0.25, 0.3) is 0 Å². The van der Waals surface area contributed by atoms with E-state index < -0.39 is 23.8 Å². The van der Waals surface area contributed by atoms with E-state index in [9.17, 15) is 14.0 Å². The van der Waals surface area contributed by atoms with E-state index in [0.717, 1.165) is 6.08 Å². The average molecular weight is 273 g/mol. The molecular formula is C13H20FNO4. The van der Waals surface area contributed by atoms with Crippen molar-refractivity contribution < 1.29 is 23.5 Å². The minimum atomic E-state index is -1.36. The Morgan fingerprint density at radius 3 is 2.53 bits per heavy atom. The molecule has 1 aliphatic rings. The van der Waals surface area contributed by atoms with Gasteiger partial charge in [0.05, 0.1) is 13.7 Å². The van der Waals surface area contributed by atoms with Gasteiger partial charge in [0, 0.05) is 12.6 Å². The molecule has 108 valence electrons. The Morgan fingerprint density at radius 2 is 2.05 bits per heavy atom. The van der Waals surface area contributed by atoms with Crippen molar-refractivity contribution in [2.24, 2.45) is 0 Å². The molecule has 1 fully saturated rings. The molecular weight excluding hydrogens is 253 g/mol. The van der Waals surface area contributed by atoms with E-state index in [1.807, 2.05) is 0 Å². The predicted molar refractivity (Wildman–Crippen MR) is 67.4 cm³/mol. The monoisotopic (exact) mass is 273 g/mol. The van der Waals surface area contributed by atoms with Gasteiger partial charge in [0.2, 0.25) is 0 Å². The molecule has 0 aromatic carbocycles. The number of ether oxygens (including phenoxy) is 2. The number of esters is 1. The van der Waals surface area contributed by atoms with Crippen LogP contribution in [0, 0.1) is 0 Å². The maximum atomic E-state index is 13.9. The van der Waals surface area contributed by atoms with Crippen molar-refractivity contribution in [2.45, 2.75) is 39.0 Å². The number of methoxy groups -OCH3 is 1. The average Bonchev–Trinajstić information content (AvgIpc) is 2.29. The smallest absolute Gasteiger partial charge is 0.410 e. The van der Waals surface area contributed by atoms with Gasteiger partial charge in [0.15, 0.2) is 0 Å². The number of nitrogens with zero attached hydrogens (tertiary/aromatic N) is 1. The molecule has 6 heteroatoms. The highest BCUT2D eigenvalue weighted by Gasteiger charge is 2.30. The van der Waals surface area contributed by atoms with Crippen molar-refractivity contribution in [1.29, 1.82) is 0 Å². The SMILES string of the molecule is COC(=O)/C=C1/CCN(C(=O)OC(C)(C)C)CC1F. The van der Waals surface area contributed by atoms with Crippen LogP contribution in [0.2, 0.25) is 0 Å². The number of alkyl halides is 1. The first-order valence-corrected chi connectivity index (χ1v) is 6.13. The summed E-state index contributed by atoms with van der Waals surface area (Å²) in [6, 6.07) is 0. The molecule has 0 aliphatic carbocycles. The molecule has 1 amide bonds. The van der Waals surface area contributed by atoms with E-state index in [-0.39, 0.29) is 6.54 Å². The second-order valence-electron chi connectivity index (χ2n) is 5.39. The standard InChI is InChI=1S/C13H20FNO4/c1-13(2,3)19-12(17)15-6-5-9(10(14)8-15)7-11(16)18-4/h7,10H,5-6,8H2,1-4H3/b9-7-. The second-order valence-corrected chi connectivity index (χ2v) is 5.39. The van der Waals surface area contributed by atoms with Crippen molar-refractivity contribution in [2.75, 3.05) is 20.2 Å². The first-order valence-electron chi connectivity index (χ1n) is 6.13. The minimum Gasteiger partial charge on any atom is -0.466 e. The van der Waals surface area contributed by atoms with Gasteiger partial charge >= 0.3 is 12.1 Å². The van der Waals surface area contributed by atoms with Gasteiger partial charge in [-0.2, -0.15) is 0 Å². The maximum absolute atomic E-state index is 13.9. The summed E-state index contributed by atoms with van der Waals surface area (Å²) in [6.07, 6.45) is -0.445. The number of amides is 1. The van der Waals surface area contributed by atoms with Crippen LogP contribution < -0.4 is 0 Å². The van der Waals surface area contributed by atoms with E-state index in [4.69, 9.17) is 4.74 Å². The molecule has 1 saturated heterocycles. The fourth-order valence-corrected chi connectivity index (χ4v) is 1.69. The van der Waals surface area contributed by atoms with Crippen LogP contribution in [0.15, 0.2) is 11.6 Å². The van der Waals surface area contributed by atoms with Crippen LogP contribution in [0.4, 0.5) is 9.18 Å². The lowest BCUT2D eigenvalue weighted by Crippen LogP contribution is -2.44. The Balaban J connectivity index is 2.61. The third-order valence-corrected chi connectivity index (χ3v) is 2.61. The highest BCUT2D eigenvalue weighted by Crippen LogP contribution is 2.21. The normalized spacial score (nSPS) is 22.3. The number of rotatable bonds is 1. The maximum Gasteiger partial charge on any atom is 0.410 e. The molecule has 1 rings (SSSR count). The zero-order chi connectivity index (χ0) is 14.6. The third kappa shape index (κ3) is 4.89. The number of carbonyl (C=O) groups is 2. The molecule has 5 nitrogen and oxygen atoms in total. The number of piperidine rings is 1. The molecule has 0 aromatic rings. The molecule has 1 unspecified atom stereocenters. The van der Waals surface area contributed by atoms with Crippen molar-refractivity contribution >= 4 is 12.1 Å². The molecule has 0 bridgehead atoms. The lowest BCUT2D eigenvalue weighted by molar-refractivity contribution is -0.134. The summed E-state index contributed by atoms with van der Waals surface area (Å²) in [6.45, 7) is 5.50. The van der Waals surface area contributed by atoms with Crippen LogP contribution in [0.3, 0.4) is 0 Å². The number of likely N-dealkylation sites (tertiary alicyclic amines) is 1. The molecule has 0 N–H and O–H groups in total. The van der Waals surface area contributed by atoms with Crippen molar-refractivity contribution in [3.05, 3.63) is 11.6 Å². The van der Waals surface area contributed by atoms with Gasteiger partial charge in [-0.15, -0.1) is 0 Å². The molecule has 1 aliphatic heterocycles. The number of hydrogen-bond donors (Lipinski definition) is 0. The Labute approximate surface area is 112 Å². The van der Waals surface area contributed by atoms with Gasteiger partial charge in [-0.05, 0) is 32.8 Å². The van der Waals surface area contributed by atoms with E-state index in [0.29, 0.717) is 18.5 Å². The zero-order valence-electron chi connectivity index (χ0n) is 11.7. The minimum absolute atomic E-state index is 0.0995. The van der Waals surface area contributed by atoms with Crippen molar-refractivity contribution in [1.82, 2.24) is 4.90 Å². The summed E-state index contributed by atoms with van der Waals surface area (Å²) < 4.78 is 23.5. The van der Waals surface area contributed by atoms with Crippen LogP contribution in [0.1, 0.15) is 27.2 Å². The van der Waals surface area contributed by atoms with Gasteiger partial charge < -0.3 is 14.4 Å². The van der Waals surface area contributed by atoms with Gasteiger partial charge in [-0.1, -0.05) is 0 Å². The second kappa shape index (κ2) is 6.04. The fourth-order valence-electron chi connectivity index (χ4n) is 1.69. The van der Waals surface area contributed by atoms with E-state index >= 15 is 0 Å². The predicted octanol–water partition coefficient (Wildman–Crippen LogP) is 2.06. The van der Waals surface area contributed by atoms with Gasteiger partial charge in [-0.3, -0.25) is 0 Å². The number of halogens is 1. The number of hydrogen-bond acceptors (Lipinski definition) is 4. The molecule has 0 radical (unpaired) electrons. The molecule has 19 heavy (non-hydrogen) atoms. The molecule has 0 spiro atoms. The summed E-state index contributed by atoms with van der Waals surface area (Å²) in [4.78, 5) is 24.1. The molecule has 1 atom stereocenters. The fraction of sp³-hybridized carbons (Fsp3) is 0.692. The summed E-state index contributed by atoms with van der Waals surface area (Å²) in [7, 11) is 1.24. The van der Waals surface area contributed by atoms with Crippen LogP contribution in [0.5, 0.6) is 0 Å². The first kappa shape index (κ1) is 15.5. The Hall–Kier alpha value is -1.59. The molecule has 1 heterocycles. The van der Waals surface area contributed by atoms with Crippen LogP contribution >= 0.6 is 0 Å². The van der Waals surface area contributed by atoms with E-state index in [2.05, 4.69) is 4.74 Å². The van der Waals surface area contributed by atoms with Crippen molar-refractivity contribution in [3.63, 3.8) is 0 Å². The van der Waals surface area contributed by atoms with Gasteiger partial charge in [-0.25, -0.2) is 14.0 Å². The summed E-state index contributed by atoms with van der Waals surface area (Å²) in [5, 5.41) is 0. The Kier molecular flexibility index (Phi) is 4.91. The first-order chi connectivity index (χ1) is 8.73. The van der Waals surface area contributed by atoms with E-state index in [1.165, 1.54) is 12.0 Å². The van der Waals surface area contributed by atoms with E-state index in [1.54, 1.807) is 20.8 Å². The lowest BCUT2D eigenvalue weighted by Gasteiger charge is -2.32. The van der Waals surface area contributed by atoms with Crippen LogP contribution in [-0.2, 0) is 14.3 Å². The molecule has 0 aromatic heterocycles. The Morgan fingerprint density at radius 1 is 1.42 bits per heavy atom.